The summed E-state index contributed by atoms with van der Waals surface area (Å²) in [5.41, 5.74) is 7.10. The molecule has 1 aromatic rings. The average molecular weight is 262 g/mol. The van der Waals surface area contributed by atoms with Crippen molar-refractivity contribution in [1.29, 1.82) is 0 Å². The van der Waals surface area contributed by atoms with Crippen LogP contribution in [0.5, 0.6) is 0 Å². The molecule has 2 aliphatic heterocycles. The number of rotatable bonds is 2. The highest BCUT2D eigenvalue weighted by Gasteiger charge is 2.48. The number of carbonyl (C=O) groups is 2. The monoisotopic (exact) mass is 262 g/mol. The molecule has 18 heavy (non-hydrogen) atoms. The Morgan fingerprint density at radius 3 is 2.89 bits per heavy atom. The predicted molar refractivity (Wildman–Crippen MR) is 68.3 cm³/mol. The molecule has 1 atom stereocenters. The fourth-order valence-corrected chi connectivity index (χ4v) is 3.52. The molecule has 1 saturated heterocycles. The maximum absolute atomic E-state index is 11.5. The second-order valence-corrected chi connectivity index (χ2v) is 5.34. The van der Waals surface area contributed by atoms with Gasteiger partial charge in [0.25, 0.3) is 0 Å². The third-order valence-corrected chi connectivity index (χ3v) is 4.28. The molecule has 6 heteroatoms. The van der Waals surface area contributed by atoms with E-state index in [0.717, 1.165) is 5.56 Å². The summed E-state index contributed by atoms with van der Waals surface area (Å²) in [6, 6.07) is 7.04. The van der Waals surface area contributed by atoms with Crippen molar-refractivity contribution in [2.45, 2.75) is 11.8 Å². The second kappa shape index (κ2) is 3.78. The zero-order valence-corrected chi connectivity index (χ0v) is 10.1. The molecule has 1 fully saturated rings. The van der Waals surface area contributed by atoms with E-state index in [1.54, 1.807) is 24.3 Å². The number of hydrogen-bond acceptors (Lipinski definition) is 4. The Morgan fingerprint density at radius 2 is 2.28 bits per heavy atom. The Morgan fingerprint density at radius 1 is 1.50 bits per heavy atom. The Labute approximate surface area is 107 Å². The summed E-state index contributed by atoms with van der Waals surface area (Å²) < 4.78 is 0. The SMILES string of the molecule is Nc1cccc(C2=C(C(=O)O)N3C(=O)C[C@H]3S2)c1. The third-order valence-electron chi connectivity index (χ3n) is 2.97. The van der Waals surface area contributed by atoms with Gasteiger partial charge in [0.15, 0.2) is 0 Å². The minimum absolute atomic E-state index is 0.0694. The Balaban J connectivity index is 2.11. The van der Waals surface area contributed by atoms with E-state index in [1.807, 2.05) is 0 Å². The summed E-state index contributed by atoms with van der Waals surface area (Å²) in [6.07, 6.45) is 0.396. The predicted octanol–water partition coefficient (Wildman–Crippen LogP) is 1.33. The van der Waals surface area contributed by atoms with Crippen LogP contribution in [0.15, 0.2) is 30.0 Å². The number of carbonyl (C=O) groups excluding carboxylic acids is 1. The highest BCUT2D eigenvalue weighted by atomic mass is 32.2. The maximum atomic E-state index is 11.5. The van der Waals surface area contributed by atoms with Crippen molar-refractivity contribution in [1.82, 2.24) is 4.90 Å². The fourth-order valence-electron chi connectivity index (χ4n) is 2.14. The lowest BCUT2D eigenvalue weighted by Gasteiger charge is -2.33. The molecule has 5 nitrogen and oxygen atoms in total. The van der Waals surface area contributed by atoms with Crippen LogP contribution in [-0.4, -0.2) is 27.3 Å². The zero-order valence-electron chi connectivity index (χ0n) is 9.29. The third kappa shape index (κ3) is 1.49. The number of nitrogens with two attached hydrogens (primary N) is 1. The van der Waals surface area contributed by atoms with E-state index in [4.69, 9.17) is 5.73 Å². The van der Waals surface area contributed by atoms with E-state index in [2.05, 4.69) is 0 Å². The number of amides is 1. The van der Waals surface area contributed by atoms with Crippen LogP contribution in [0.3, 0.4) is 0 Å². The van der Waals surface area contributed by atoms with E-state index in [9.17, 15) is 14.7 Å². The van der Waals surface area contributed by atoms with Gasteiger partial charge >= 0.3 is 5.97 Å². The summed E-state index contributed by atoms with van der Waals surface area (Å²) in [7, 11) is 0. The highest BCUT2D eigenvalue weighted by molar-refractivity contribution is 8.09. The number of carboxylic acids is 1. The van der Waals surface area contributed by atoms with Crippen LogP contribution < -0.4 is 5.73 Å². The summed E-state index contributed by atoms with van der Waals surface area (Å²) in [5, 5.41) is 9.19. The van der Waals surface area contributed by atoms with Crippen molar-refractivity contribution in [2.75, 3.05) is 5.73 Å². The molecule has 0 saturated carbocycles. The first-order valence-corrected chi connectivity index (χ1v) is 6.28. The lowest BCUT2D eigenvalue weighted by Crippen LogP contribution is -2.48. The number of hydrogen-bond donors (Lipinski definition) is 2. The first-order chi connectivity index (χ1) is 8.58. The van der Waals surface area contributed by atoms with Crippen LogP contribution in [-0.2, 0) is 9.59 Å². The van der Waals surface area contributed by atoms with Crippen molar-refractivity contribution < 1.29 is 14.7 Å². The average Bonchev–Trinajstić information content (AvgIpc) is 2.62. The standard InChI is InChI=1S/C12H10N2O3S/c13-7-3-1-2-6(4-7)11-10(12(16)17)14-8(15)5-9(14)18-11/h1-4,9H,5,13H2,(H,16,17)/t9-/m1/s1. The van der Waals surface area contributed by atoms with Crippen molar-refractivity contribution >= 4 is 34.2 Å². The molecular formula is C12H10N2O3S. The zero-order chi connectivity index (χ0) is 12.9. The lowest BCUT2D eigenvalue weighted by molar-refractivity contribution is -0.145. The molecule has 0 spiro atoms. The van der Waals surface area contributed by atoms with E-state index < -0.39 is 5.97 Å². The van der Waals surface area contributed by atoms with Gasteiger partial charge in [-0.2, -0.15) is 0 Å². The molecule has 92 valence electrons. The van der Waals surface area contributed by atoms with Crippen molar-refractivity contribution in [3.8, 4) is 0 Å². The molecule has 1 aromatic carbocycles. The van der Waals surface area contributed by atoms with Crippen molar-refractivity contribution in [3.63, 3.8) is 0 Å². The van der Waals surface area contributed by atoms with Crippen LogP contribution in [0.4, 0.5) is 5.69 Å². The fraction of sp³-hybridized carbons (Fsp3) is 0.167. The van der Waals surface area contributed by atoms with Crippen LogP contribution in [0.2, 0.25) is 0 Å². The quantitative estimate of drug-likeness (QED) is 0.620. The topological polar surface area (TPSA) is 83.6 Å². The van der Waals surface area contributed by atoms with E-state index >= 15 is 0 Å². The van der Waals surface area contributed by atoms with Gasteiger partial charge in [-0.15, -0.1) is 0 Å². The van der Waals surface area contributed by atoms with Crippen LogP contribution in [0.25, 0.3) is 4.91 Å². The van der Waals surface area contributed by atoms with Gasteiger partial charge in [-0.05, 0) is 17.7 Å². The first kappa shape index (κ1) is 11.2. The van der Waals surface area contributed by atoms with E-state index in [0.29, 0.717) is 17.0 Å². The largest absolute Gasteiger partial charge is 0.477 e. The molecule has 0 unspecified atom stereocenters. The Kier molecular flexibility index (Phi) is 2.34. The number of β-lactam (4-membered cyclic amide) rings is 1. The second-order valence-electron chi connectivity index (χ2n) is 4.15. The molecule has 0 aliphatic carbocycles. The highest BCUT2D eigenvalue weighted by Crippen LogP contribution is 2.50. The Bertz CT molecular complexity index is 597. The number of aliphatic carboxylic acids is 1. The number of nitrogen functional groups attached to an aromatic ring is 1. The number of thioether (sulfide) groups is 1. The smallest absolute Gasteiger partial charge is 0.353 e. The van der Waals surface area contributed by atoms with Gasteiger partial charge in [-0.25, -0.2) is 4.79 Å². The summed E-state index contributed by atoms with van der Waals surface area (Å²) in [5.74, 6) is -1.21. The minimum Gasteiger partial charge on any atom is -0.477 e. The van der Waals surface area contributed by atoms with Crippen molar-refractivity contribution in [2.24, 2.45) is 0 Å². The number of carboxylic acid groups (broad SMARTS) is 1. The molecule has 0 bridgehead atoms. The van der Waals surface area contributed by atoms with Crippen molar-refractivity contribution in [3.05, 3.63) is 35.5 Å². The lowest BCUT2D eigenvalue weighted by atomic mass is 10.1. The summed E-state index contributed by atoms with van der Waals surface area (Å²) in [4.78, 5) is 24.7. The van der Waals surface area contributed by atoms with Gasteiger partial charge in [-0.1, -0.05) is 23.9 Å². The molecule has 2 aliphatic rings. The van der Waals surface area contributed by atoms with Gasteiger partial charge in [-0.3, -0.25) is 9.69 Å². The van der Waals surface area contributed by atoms with Gasteiger partial charge < -0.3 is 10.8 Å². The molecule has 0 radical (unpaired) electrons. The van der Waals surface area contributed by atoms with Crippen LogP contribution >= 0.6 is 11.8 Å². The van der Waals surface area contributed by atoms with Gasteiger partial charge in [0.05, 0.1) is 11.8 Å². The van der Waals surface area contributed by atoms with E-state index in [-0.39, 0.29) is 17.0 Å². The molecule has 3 rings (SSSR count). The summed E-state index contributed by atoms with van der Waals surface area (Å²) in [6.45, 7) is 0. The van der Waals surface area contributed by atoms with E-state index in [1.165, 1.54) is 16.7 Å². The van der Waals surface area contributed by atoms with Crippen LogP contribution in [0.1, 0.15) is 12.0 Å². The number of fused-ring (bicyclic) bond motifs is 1. The van der Waals surface area contributed by atoms with Gasteiger partial charge in [0.2, 0.25) is 5.91 Å². The van der Waals surface area contributed by atoms with Gasteiger partial charge in [0.1, 0.15) is 5.70 Å². The normalized spacial score (nSPS) is 21.9. The Hall–Kier alpha value is -1.95. The number of anilines is 1. The van der Waals surface area contributed by atoms with Crippen LogP contribution in [0, 0.1) is 0 Å². The number of benzene rings is 1. The maximum Gasteiger partial charge on any atom is 0.353 e. The molecule has 3 N–H and O–H groups in total. The van der Waals surface area contributed by atoms with Gasteiger partial charge in [0, 0.05) is 10.6 Å². The molecule has 0 aromatic heterocycles. The molecule has 2 heterocycles. The first-order valence-electron chi connectivity index (χ1n) is 5.40. The molecular weight excluding hydrogens is 252 g/mol. The minimum atomic E-state index is -1.07. The summed E-state index contributed by atoms with van der Waals surface area (Å²) >= 11 is 1.41. The number of nitrogens with zero attached hydrogens (tertiary/aromatic N) is 1. The molecule has 1 amide bonds.